The molecular formula is C21H19N5O2. The number of amides is 1. The van der Waals surface area contributed by atoms with E-state index < -0.39 is 0 Å². The van der Waals surface area contributed by atoms with Crippen molar-refractivity contribution in [2.24, 2.45) is 0 Å². The van der Waals surface area contributed by atoms with Crippen molar-refractivity contribution in [1.82, 2.24) is 14.4 Å². The van der Waals surface area contributed by atoms with E-state index in [9.17, 15) is 4.79 Å². The van der Waals surface area contributed by atoms with Crippen LogP contribution in [0, 0.1) is 0 Å². The van der Waals surface area contributed by atoms with Crippen molar-refractivity contribution in [3.8, 4) is 17.0 Å². The maximum atomic E-state index is 11.3. The molecule has 0 bridgehead atoms. The molecule has 0 unspecified atom stereocenters. The Bertz CT molecular complexity index is 1140. The molecule has 28 heavy (non-hydrogen) atoms. The van der Waals surface area contributed by atoms with Crippen LogP contribution in [-0.4, -0.2) is 27.4 Å². The second-order valence-corrected chi connectivity index (χ2v) is 6.23. The third-order valence-corrected chi connectivity index (χ3v) is 4.26. The van der Waals surface area contributed by atoms with Gasteiger partial charge in [-0.05, 0) is 36.4 Å². The Hall–Kier alpha value is -3.87. The van der Waals surface area contributed by atoms with Crippen LogP contribution in [0.25, 0.3) is 16.9 Å². The molecule has 1 amide bonds. The van der Waals surface area contributed by atoms with Crippen molar-refractivity contribution in [2.45, 2.75) is 6.92 Å². The lowest BCUT2D eigenvalue weighted by atomic mass is 10.1. The van der Waals surface area contributed by atoms with Crippen LogP contribution >= 0.6 is 0 Å². The summed E-state index contributed by atoms with van der Waals surface area (Å²) in [5.74, 6) is 1.33. The van der Waals surface area contributed by atoms with Crippen molar-refractivity contribution in [3.63, 3.8) is 0 Å². The maximum absolute atomic E-state index is 11.3. The third-order valence-electron chi connectivity index (χ3n) is 4.26. The predicted octanol–water partition coefficient (Wildman–Crippen LogP) is 4.11. The molecule has 2 aromatic heterocycles. The topological polar surface area (TPSA) is 80.5 Å². The number of nitrogens with one attached hydrogen (secondary N) is 2. The second kappa shape index (κ2) is 7.40. The summed E-state index contributed by atoms with van der Waals surface area (Å²) in [5, 5.41) is 6.10. The number of nitrogens with zero attached hydrogens (tertiary/aromatic N) is 3. The Morgan fingerprint density at radius 3 is 2.64 bits per heavy atom. The maximum Gasteiger partial charge on any atom is 0.221 e. The molecule has 0 radical (unpaired) electrons. The van der Waals surface area contributed by atoms with Crippen LogP contribution in [0.1, 0.15) is 6.92 Å². The quantitative estimate of drug-likeness (QED) is 0.550. The molecular weight excluding hydrogens is 354 g/mol. The summed E-state index contributed by atoms with van der Waals surface area (Å²) in [6.45, 7) is 1.49. The Morgan fingerprint density at radius 2 is 1.89 bits per heavy atom. The van der Waals surface area contributed by atoms with E-state index in [2.05, 4.69) is 20.6 Å². The summed E-state index contributed by atoms with van der Waals surface area (Å²) in [7, 11) is 1.64. The Kier molecular flexibility index (Phi) is 4.63. The van der Waals surface area contributed by atoms with E-state index in [1.54, 1.807) is 19.5 Å². The minimum atomic E-state index is -0.106. The minimum Gasteiger partial charge on any atom is -0.497 e. The highest BCUT2D eigenvalue weighted by atomic mass is 16.5. The highest BCUT2D eigenvalue weighted by molar-refractivity contribution is 5.89. The number of ether oxygens (including phenoxy) is 1. The van der Waals surface area contributed by atoms with Gasteiger partial charge in [0.15, 0.2) is 11.5 Å². The predicted molar refractivity (Wildman–Crippen MR) is 109 cm³/mol. The molecule has 0 fully saturated rings. The average molecular weight is 373 g/mol. The number of imidazole rings is 1. The lowest BCUT2D eigenvalue weighted by Gasteiger charge is -2.09. The zero-order chi connectivity index (χ0) is 19.5. The van der Waals surface area contributed by atoms with Crippen molar-refractivity contribution in [1.29, 1.82) is 0 Å². The number of hydrogen-bond acceptors (Lipinski definition) is 5. The van der Waals surface area contributed by atoms with Gasteiger partial charge in [-0.25, -0.2) is 9.97 Å². The second-order valence-electron chi connectivity index (χ2n) is 6.23. The Labute approximate surface area is 162 Å². The van der Waals surface area contributed by atoms with Gasteiger partial charge < -0.3 is 15.4 Å². The third kappa shape index (κ3) is 3.50. The Morgan fingerprint density at radius 1 is 1.07 bits per heavy atom. The van der Waals surface area contributed by atoms with Crippen LogP contribution in [0.3, 0.4) is 0 Å². The zero-order valence-corrected chi connectivity index (χ0v) is 15.5. The lowest BCUT2D eigenvalue weighted by molar-refractivity contribution is -0.114. The zero-order valence-electron chi connectivity index (χ0n) is 15.5. The first-order valence-electron chi connectivity index (χ1n) is 8.75. The highest BCUT2D eigenvalue weighted by Crippen LogP contribution is 2.27. The van der Waals surface area contributed by atoms with Crippen LogP contribution in [0.15, 0.2) is 67.1 Å². The fourth-order valence-corrected chi connectivity index (χ4v) is 2.99. The van der Waals surface area contributed by atoms with Crippen LogP contribution in [-0.2, 0) is 4.79 Å². The monoisotopic (exact) mass is 373 g/mol. The highest BCUT2D eigenvalue weighted by Gasteiger charge is 2.11. The van der Waals surface area contributed by atoms with Gasteiger partial charge in [-0.15, -0.1) is 0 Å². The van der Waals surface area contributed by atoms with Crippen LogP contribution in [0.5, 0.6) is 5.75 Å². The van der Waals surface area contributed by atoms with Gasteiger partial charge in [-0.2, -0.15) is 0 Å². The molecule has 0 aliphatic heterocycles. The normalized spacial score (nSPS) is 10.6. The molecule has 0 atom stereocenters. The molecule has 2 N–H and O–H groups in total. The van der Waals surface area contributed by atoms with Gasteiger partial charge >= 0.3 is 0 Å². The summed E-state index contributed by atoms with van der Waals surface area (Å²) >= 11 is 0. The summed E-state index contributed by atoms with van der Waals surface area (Å²) in [6, 6.07) is 15.3. The van der Waals surface area contributed by atoms with Crippen molar-refractivity contribution in [2.75, 3.05) is 17.7 Å². The van der Waals surface area contributed by atoms with E-state index in [1.807, 2.05) is 59.1 Å². The largest absolute Gasteiger partial charge is 0.497 e. The molecule has 7 heteroatoms. The molecule has 0 aliphatic carbocycles. The van der Waals surface area contributed by atoms with Crippen LogP contribution in [0.4, 0.5) is 17.2 Å². The number of carbonyl (C=O) groups excluding carboxylic acids is 1. The molecule has 2 heterocycles. The Balaban J connectivity index is 1.69. The minimum absolute atomic E-state index is 0.106. The summed E-state index contributed by atoms with van der Waals surface area (Å²) in [5.41, 5.74) is 4.19. The summed E-state index contributed by atoms with van der Waals surface area (Å²) in [6.07, 6.45) is 5.38. The van der Waals surface area contributed by atoms with Gasteiger partial charge in [-0.3, -0.25) is 9.20 Å². The first-order valence-corrected chi connectivity index (χ1v) is 8.75. The first-order chi connectivity index (χ1) is 13.6. The van der Waals surface area contributed by atoms with Gasteiger partial charge in [0.2, 0.25) is 5.91 Å². The van der Waals surface area contributed by atoms with E-state index in [4.69, 9.17) is 4.74 Å². The standard InChI is InChI=1S/C21H19N5O2/c1-14(27)24-17-5-3-4-15(12-17)19-13-23-21-20(22-10-11-26(19)21)25-16-6-8-18(28-2)9-7-16/h3-13H,1-2H3,(H,22,25)(H,24,27). The summed E-state index contributed by atoms with van der Waals surface area (Å²) in [4.78, 5) is 20.3. The van der Waals surface area contributed by atoms with Gasteiger partial charge in [0.25, 0.3) is 0 Å². The van der Waals surface area contributed by atoms with Crippen molar-refractivity contribution >= 4 is 28.7 Å². The number of methoxy groups -OCH3 is 1. The molecule has 0 spiro atoms. The van der Waals surface area contributed by atoms with E-state index in [0.717, 1.165) is 28.4 Å². The number of fused-ring (bicyclic) bond motifs is 1. The molecule has 7 nitrogen and oxygen atoms in total. The van der Waals surface area contributed by atoms with E-state index in [-0.39, 0.29) is 5.91 Å². The molecule has 140 valence electrons. The van der Waals surface area contributed by atoms with E-state index >= 15 is 0 Å². The number of benzene rings is 2. The molecule has 2 aromatic carbocycles. The smallest absolute Gasteiger partial charge is 0.221 e. The fraction of sp³-hybridized carbons (Fsp3) is 0.0952. The summed E-state index contributed by atoms with van der Waals surface area (Å²) < 4.78 is 7.15. The molecule has 4 rings (SSSR count). The number of aromatic nitrogens is 3. The van der Waals surface area contributed by atoms with Gasteiger partial charge in [0.05, 0.1) is 19.0 Å². The SMILES string of the molecule is COc1ccc(Nc2nccn3c(-c4cccc(NC(C)=O)c4)cnc23)cc1. The number of hydrogen-bond donors (Lipinski definition) is 2. The van der Waals surface area contributed by atoms with Crippen molar-refractivity contribution < 1.29 is 9.53 Å². The fourth-order valence-electron chi connectivity index (χ4n) is 2.99. The van der Waals surface area contributed by atoms with Gasteiger partial charge in [-0.1, -0.05) is 12.1 Å². The average Bonchev–Trinajstić information content (AvgIpc) is 3.13. The van der Waals surface area contributed by atoms with Crippen LogP contribution in [0.2, 0.25) is 0 Å². The van der Waals surface area contributed by atoms with E-state index in [1.165, 1.54) is 6.92 Å². The number of anilines is 3. The van der Waals surface area contributed by atoms with Gasteiger partial charge in [0.1, 0.15) is 5.75 Å². The lowest BCUT2D eigenvalue weighted by Crippen LogP contribution is -2.05. The molecule has 0 saturated carbocycles. The number of rotatable bonds is 5. The first kappa shape index (κ1) is 17.5. The molecule has 0 saturated heterocycles. The molecule has 4 aromatic rings. The molecule has 0 aliphatic rings. The van der Waals surface area contributed by atoms with E-state index in [0.29, 0.717) is 11.5 Å². The number of carbonyl (C=O) groups is 1. The van der Waals surface area contributed by atoms with Crippen LogP contribution < -0.4 is 15.4 Å². The van der Waals surface area contributed by atoms with Crippen molar-refractivity contribution in [3.05, 3.63) is 67.1 Å². The van der Waals surface area contributed by atoms with Gasteiger partial charge in [0, 0.05) is 36.3 Å².